The molecular formula is C28H28FN3O4S. The van der Waals surface area contributed by atoms with Crippen LogP contribution in [0.25, 0.3) is 0 Å². The summed E-state index contributed by atoms with van der Waals surface area (Å²) in [6.45, 7) is 4.10. The van der Waals surface area contributed by atoms with Crippen LogP contribution in [0.4, 0.5) is 10.2 Å². The molecule has 2 N–H and O–H groups in total. The minimum atomic E-state index is -0.679. The number of ether oxygens (including phenoxy) is 2. The second kappa shape index (κ2) is 9.70. The van der Waals surface area contributed by atoms with E-state index in [0.29, 0.717) is 63.3 Å². The third-order valence-corrected chi connectivity index (χ3v) is 7.69. The summed E-state index contributed by atoms with van der Waals surface area (Å²) in [6, 6.07) is 11.9. The van der Waals surface area contributed by atoms with Crippen molar-refractivity contribution >= 4 is 23.4 Å². The highest BCUT2D eigenvalue weighted by Gasteiger charge is 2.43. The SMILES string of the molecule is COc1ccc(OC)c([C@@H]2C3=C(CC(C)(C)CC3=O)Nc3nc(SCc4ccccc4F)[nH]c(=O)c32)c1. The van der Waals surface area contributed by atoms with Gasteiger partial charge in [-0.1, -0.05) is 43.8 Å². The number of aromatic nitrogens is 2. The molecule has 2 heterocycles. The topological polar surface area (TPSA) is 93.3 Å². The molecule has 1 aliphatic heterocycles. The van der Waals surface area contributed by atoms with E-state index in [9.17, 15) is 14.0 Å². The lowest BCUT2D eigenvalue weighted by Crippen LogP contribution is -2.37. The molecule has 1 atom stereocenters. The van der Waals surface area contributed by atoms with E-state index < -0.39 is 5.92 Å². The normalized spacial score (nSPS) is 18.1. The van der Waals surface area contributed by atoms with E-state index >= 15 is 0 Å². The fourth-order valence-electron chi connectivity index (χ4n) is 5.10. The molecule has 0 saturated heterocycles. The van der Waals surface area contributed by atoms with Crippen LogP contribution in [-0.4, -0.2) is 30.0 Å². The average molecular weight is 522 g/mol. The Balaban J connectivity index is 1.64. The molecule has 37 heavy (non-hydrogen) atoms. The molecule has 0 bridgehead atoms. The van der Waals surface area contributed by atoms with Gasteiger partial charge in [-0.3, -0.25) is 9.59 Å². The molecule has 192 valence electrons. The van der Waals surface area contributed by atoms with E-state index in [1.54, 1.807) is 50.6 Å². The molecule has 1 aromatic heterocycles. The van der Waals surface area contributed by atoms with Crippen molar-refractivity contribution in [2.75, 3.05) is 19.5 Å². The predicted octanol–water partition coefficient (Wildman–Crippen LogP) is 5.42. The van der Waals surface area contributed by atoms with Crippen LogP contribution in [0.3, 0.4) is 0 Å². The molecule has 1 aliphatic carbocycles. The summed E-state index contributed by atoms with van der Waals surface area (Å²) in [5.41, 5.74) is 2.21. The van der Waals surface area contributed by atoms with Crippen molar-refractivity contribution in [1.29, 1.82) is 0 Å². The minimum absolute atomic E-state index is 0.0170. The van der Waals surface area contributed by atoms with Gasteiger partial charge in [0.25, 0.3) is 5.56 Å². The number of nitrogens with one attached hydrogen (secondary N) is 2. The second-order valence-corrected chi connectivity index (χ2v) is 11.0. The van der Waals surface area contributed by atoms with Gasteiger partial charge < -0.3 is 19.8 Å². The largest absolute Gasteiger partial charge is 0.497 e. The van der Waals surface area contributed by atoms with Crippen LogP contribution in [0, 0.1) is 11.2 Å². The number of hydrogen-bond donors (Lipinski definition) is 2. The third-order valence-electron chi connectivity index (χ3n) is 6.77. The van der Waals surface area contributed by atoms with Crippen molar-refractivity contribution in [3.05, 3.63) is 86.6 Å². The quantitative estimate of drug-likeness (QED) is 0.331. The molecule has 5 rings (SSSR count). The number of Topliss-reactive ketones (excluding diaryl/α,β-unsaturated/α-hetero) is 1. The Hall–Kier alpha value is -3.59. The van der Waals surface area contributed by atoms with Crippen molar-refractivity contribution in [1.82, 2.24) is 9.97 Å². The molecular weight excluding hydrogens is 493 g/mol. The summed E-state index contributed by atoms with van der Waals surface area (Å²) in [6.07, 6.45) is 0.996. The van der Waals surface area contributed by atoms with Crippen molar-refractivity contribution in [3.8, 4) is 11.5 Å². The molecule has 2 aromatic carbocycles. The van der Waals surface area contributed by atoms with Crippen LogP contribution < -0.4 is 20.3 Å². The molecule has 0 radical (unpaired) electrons. The van der Waals surface area contributed by atoms with Crippen LogP contribution in [0.1, 0.15) is 49.3 Å². The molecule has 0 spiro atoms. The van der Waals surface area contributed by atoms with Gasteiger partial charge in [-0.05, 0) is 41.7 Å². The number of hydrogen-bond acceptors (Lipinski definition) is 7. The number of halogens is 1. The van der Waals surface area contributed by atoms with Gasteiger partial charge in [0.1, 0.15) is 23.1 Å². The fourth-order valence-corrected chi connectivity index (χ4v) is 5.95. The number of carbonyl (C=O) groups is 1. The summed E-state index contributed by atoms with van der Waals surface area (Å²) < 4.78 is 25.2. The standard InChI is InChI=1S/C28H28FN3O4S/c1-28(2)12-19-23(20(33)13-28)22(17-11-16(35-3)9-10-21(17)36-4)24-25(30-19)31-27(32-26(24)34)37-14-15-7-5-6-8-18(15)29/h5-11,22H,12-14H2,1-4H3,(H2,30,31,32,34)/t22-/m1/s1. The first-order valence-corrected chi connectivity index (χ1v) is 12.9. The van der Waals surface area contributed by atoms with Crippen molar-refractivity contribution in [3.63, 3.8) is 0 Å². The lowest BCUT2D eigenvalue weighted by Gasteiger charge is -2.38. The number of aromatic amines is 1. The highest BCUT2D eigenvalue weighted by atomic mass is 32.2. The number of methoxy groups -OCH3 is 2. The van der Waals surface area contributed by atoms with Crippen molar-refractivity contribution in [2.45, 2.75) is 43.5 Å². The first-order chi connectivity index (χ1) is 17.7. The van der Waals surface area contributed by atoms with Gasteiger partial charge in [0, 0.05) is 29.0 Å². The maximum absolute atomic E-state index is 14.1. The van der Waals surface area contributed by atoms with E-state index in [-0.39, 0.29) is 22.6 Å². The van der Waals surface area contributed by atoms with Gasteiger partial charge in [-0.2, -0.15) is 0 Å². The number of rotatable bonds is 6. The van der Waals surface area contributed by atoms with E-state index in [4.69, 9.17) is 14.5 Å². The maximum Gasteiger partial charge on any atom is 0.257 e. The molecule has 0 amide bonds. The van der Waals surface area contributed by atoms with Gasteiger partial charge in [0.2, 0.25) is 0 Å². The molecule has 9 heteroatoms. The Bertz CT molecular complexity index is 1480. The second-order valence-electron chi connectivity index (χ2n) is 10.0. The molecule has 2 aliphatic rings. The first-order valence-electron chi connectivity index (χ1n) is 12.0. The Kier molecular flexibility index (Phi) is 6.58. The third kappa shape index (κ3) is 4.75. The smallest absolute Gasteiger partial charge is 0.257 e. The van der Waals surface area contributed by atoms with E-state index in [1.165, 1.54) is 17.8 Å². The molecule has 0 fully saturated rings. The zero-order chi connectivity index (χ0) is 26.3. The van der Waals surface area contributed by atoms with E-state index in [2.05, 4.69) is 10.3 Å². The van der Waals surface area contributed by atoms with Crippen LogP contribution in [0.15, 0.2) is 63.7 Å². The number of carbonyl (C=O) groups excluding carboxylic acids is 1. The van der Waals surface area contributed by atoms with Gasteiger partial charge in [0.05, 0.1) is 25.7 Å². The Morgan fingerprint density at radius 3 is 2.62 bits per heavy atom. The van der Waals surface area contributed by atoms with Gasteiger partial charge in [0.15, 0.2) is 10.9 Å². The highest BCUT2D eigenvalue weighted by molar-refractivity contribution is 7.98. The average Bonchev–Trinajstić information content (AvgIpc) is 2.85. The number of benzene rings is 2. The lowest BCUT2D eigenvalue weighted by molar-refractivity contribution is -0.118. The Labute approximate surface area is 218 Å². The summed E-state index contributed by atoms with van der Waals surface area (Å²) >= 11 is 1.24. The number of anilines is 1. The molecule has 7 nitrogen and oxygen atoms in total. The summed E-state index contributed by atoms with van der Waals surface area (Å²) in [5.74, 6) is 0.818. The molecule has 0 unspecified atom stereocenters. The Morgan fingerprint density at radius 1 is 1.11 bits per heavy atom. The van der Waals surface area contributed by atoms with E-state index in [1.807, 2.05) is 13.8 Å². The zero-order valence-electron chi connectivity index (χ0n) is 21.1. The van der Waals surface area contributed by atoms with Gasteiger partial charge in [-0.25, -0.2) is 9.37 Å². The van der Waals surface area contributed by atoms with Crippen LogP contribution >= 0.6 is 11.8 Å². The number of fused-ring (bicyclic) bond motifs is 1. The molecule has 0 saturated carbocycles. The van der Waals surface area contributed by atoms with Gasteiger partial charge >= 0.3 is 0 Å². The van der Waals surface area contributed by atoms with E-state index in [0.717, 1.165) is 5.70 Å². The van der Waals surface area contributed by atoms with Crippen LogP contribution in [0.5, 0.6) is 11.5 Å². The highest BCUT2D eigenvalue weighted by Crippen LogP contribution is 2.49. The number of ketones is 1. The number of allylic oxidation sites excluding steroid dienone is 2. The number of H-pyrrole nitrogens is 1. The lowest BCUT2D eigenvalue weighted by atomic mass is 9.69. The molecule has 3 aromatic rings. The van der Waals surface area contributed by atoms with Gasteiger partial charge in [-0.15, -0.1) is 0 Å². The fraction of sp³-hybridized carbons (Fsp3) is 0.321. The van der Waals surface area contributed by atoms with Crippen LogP contribution in [0.2, 0.25) is 0 Å². The summed E-state index contributed by atoms with van der Waals surface area (Å²) in [7, 11) is 3.12. The maximum atomic E-state index is 14.1. The number of nitrogens with zero attached hydrogens (tertiary/aromatic N) is 1. The zero-order valence-corrected chi connectivity index (χ0v) is 21.9. The van der Waals surface area contributed by atoms with Crippen LogP contribution in [-0.2, 0) is 10.5 Å². The summed E-state index contributed by atoms with van der Waals surface area (Å²) in [5, 5.41) is 3.67. The van der Waals surface area contributed by atoms with Crippen molar-refractivity contribution < 1.29 is 18.7 Å². The first kappa shape index (κ1) is 25.1. The monoisotopic (exact) mass is 521 g/mol. The van der Waals surface area contributed by atoms with Crippen molar-refractivity contribution in [2.24, 2.45) is 5.41 Å². The summed E-state index contributed by atoms with van der Waals surface area (Å²) in [4.78, 5) is 34.7. The number of thioether (sulfide) groups is 1. The minimum Gasteiger partial charge on any atom is -0.497 e. The Morgan fingerprint density at radius 2 is 1.89 bits per heavy atom. The predicted molar refractivity (Wildman–Crippen MR) is 141 cm³/mol.